The molecule has 1 aromatic heterocycles. The molecule has 2 aromatic carbocycles. The maximum atomic E-state index is 14.3. The molecule has 29 heavy (non-hydrogen) atoms. The second kappa shape index (κ2) is 7.90. The molecule has 0 atom stereocenters. The van der Waals surface area contributed by atoms with Crippen LogP contribution in [0.1, 0.15) is 53.6 Å². The minimum absolute atomic E-state index is 0.209. The average molecular weight is 394 g/mol. The van der Waals surface area contributed by atoms with Crippen LogP contribution in [0.2, 0.25) is 0 Å². The second-order valence-corrected chi connectivity index (χ2v) is 8.02. The third kappa shape index (κ3) is 4.00. The molecule has 3 nitrogen and oxygen atoms in total. The van der Waals surface area contributed by atoms with E-state index in [-0.39, 0.29) is 12.3 Å². The van der Waals surface area contributed by atoms with Crippen molar-refractivity contribution < 1.29 is 13.6 Å². The van der Waals surface area contributed by atoms with Crippen LogP contribution in [-0.2, 0) is 6.42 Å². The first-order valence-electron chi connectivity index (χ1n) is 10.1. The van der Waals surface area contributed by atoms with Gasteiger partial charge in [-0.15, -0.1) is 0 Å². The van der Waals surface area contributed by atoms with Gasteiger partial charge in [0.25, 0.3) is 5.91 Å². The number of halogens is 2. The van der Waals surface area contributed by atoms with Gasteiger partial charge >= 0.3 is 0 Å². The number of hydrogen-bond acceptors (Lipinski definition) is 2. The van der Waals surface area contributed by atoms with E-state index in [2.05, 4.69) is 10.3 Å². The topological polar surface area (TPSA) is 42.0 Å². The summed E-state index contributed by atoms with van der Waals surface area (Å²) in [4.78, 5) is 17.6. The first kappa shape index (κ1) is 19.5. The molecular formula is C24H24F2N2O. The van der Waals surface area contributed by atoms with Crippen LogP contribution in [0.3, 0.4) is 0 Å². The van der Waals surface area contributed by atoms with Gasteiger partial charge < -0.3 is 5.32 Å². The third-order valence-corrected chi connectivity index (χ3v) is 6.02. The summed E-state index contributed by atoms with van der Waals surface area (Å²) in [6.07, 6.45) is 6.36. The number of rotatable bonds is 4. The van der Waals surface area contributed by atoms with Gasteiger partial charge in [-0.3, -0.25) is 9.78 Å². The number of amides is 1. The van der Waals surface area contributed by atoms with Gasteiger partial charge in [0.05, 0.1) is 11.1 Å². The van der Waals surface area contributed by atoms with Crippen LogP contribution in [0.25, 0.3) is 10.9 Å². The van der Waals surface area contributed by atoms with E-state index in [1.807, 2.05) is 31.2 Å². The molecule has 0 spiro atoms. The second-order valence-electron chi connectivity index (χ2n) is 8.02. The fourth-order valence-electron chi connectivity index (χ4n) is 4.43. The van der Waals surface area contributed by atoms with Crippen molar-refractivity contribution in [3.8, 4) is 0 Å². The van der Waals surface area contributed by atoms with Crippen LogP contribution in [-0.4, -0.2) is 16.4 Å². The van der Waals surface area contributed by atoms with E-state index in [0.717, 1.165) is 60.7 Å². The number of para-hydroxylation sites is 1. The Morgan fingerprint density at radius 1 is 1.10 bits per heavy atom. The summed E-state index contributed by atoms with van der Waals surface area (Å²) in [5.74, 6) is -1.11. The molecule has 1 aliphatic rings. The summed E-state index contributed by atoms with van der Waals surface area (Å²) in [7, 11) is 0. The highest BCUT2D eigenvalue weighted by Gasteiger charge is 2.35. The molecule has 1 heterocycles. The molecule has 1 N–H and O–H groups in total. The van der Waals surface area contributed by atoms with E-state index in [9.17, 15) is 13.6 Å². The molecular weight excluding hydrogens is 370 g/mol. The number of carbonyl (C=O) groups excluding carboxylic acids is 1. The SMILES string of the molecule is Cc1c(C(=O)NC2(Cc3cc(F)ccc3F)CCCCC2)cnc2ccccc12. The van der Waals surface area contributed by atoms with Crippen molar-refractivity contribution in [1.29, 1.82) is 0 Å². The lowest BCUT2D eigenvalue weighted by Crippen LogP contribution is -2.51. The zero-order valence-corrected chi connectivity index (χ0v) is 16.5. The highest BCUT2D eigenvalue weighted by Crippen LogP contribution is 2.33. The minimum Gasteiger partial charge on any atom is -0.346 e. The highest BCUT2D eigenvalue weighted by atomic mass is 19.1. The number of nitrogens with zero attached hydrogens (tertiary/aromatic N) is 1. The van der Waals surface area contributed by atoms with E-state index in [4.69, 9.17) is 0 Å². The molecule has 0 saturated heterocycles. The molecule has 0 unspecified atom stereocenters. The van der Waals surface area contributed by atoms with Crippen LogP contribution < -0.4 is 5.32 Å². The van der Waals surface area contributed by atoms with Crippen molar-refractivity contribution in [1.82, 2.24) is 10.3 Å². The summed E-state index contributed by atoms with van der Waals surface area (Å²) in [5.41, 5.74) is 1.96. The number of hydrogen-bond donors (Lipinski definition) is 1. The van der Waals surface area contributed by atoms with E-state index in [1.54, 1.807) is 6.20 Å². The lowest BCUT2D eigenvalue weighted by Gasteiger charge is -2.38. The molecule has 0 bridgehead atoms. The summed E-state index contributed by atoms with van der Waals surface area (Å²) >= 11 is 0. The van der Waals surface area contributed by atoms with Gasteiger partial charge in [0.15, 0.2) is 0 Å². The first-order valence-corrected chi connectivity index (χ1v) is 10.1. The number of aryl methyl sites for hydroxylation is 1. The van der Waals surface area contributed by atoms with Crippen molar-refractivity contribution in [2.45, 2.75) is 51.0 Å². The lowest BCUT2D eigenvalue weighted by molar-refractivity contribution is 0.0866. The molecule has 0 radical (unpaired) electrons. The molecule has 3 aromatic rings. The van der Waals surface area contributed by atoms with Gasteiger partial charge in [0, 0.05) is 17.1 Å². The Bertz CT molecular complexity index is 1060. The fraction of sp³-hybridized carbons (Fsp3) is 0.333. The Hall–Kier alpha value is -2.82. The summed E-state index contributed by atoms with van der Waals surface area (Å²) < 4.78 is 28.0. The van der Waals surface area contributed by atoms with Gasteiger partial charge in [-0.1, -0.05) is 37.5 Å². The minimum atomic E-state index is -0.581. The Kier molecular flexibility index (Phi) is 5.31. The van der Waals surface area contributed by atoms with Crippen molar-refractivity contribution in [2.24, 2.45) is 0 Å². The largest absolute Gasteiger partial charge is 0.346 e. The van der Waals surface area contributed by atoms with Gasteiger partial charge in [0.2, 0.25) is 0 Å². The van der Waals surface area contributed by atoms with Crippen LogP contribution >= 0.6 is 0 Å². The van der Waals surface area contributed by atoms with E-state index in [0.29, 0.717) is 11.1 Å². The Morgan fingerprint density at radius 3 is 2.66 bits per heavy atom. The number of carbonyl (C=O) groups is 1. The van der Waals surface area contributed by atoms with E-state index >= 15 is 0 Å². The number of pyridine rings is 1. The smallest absolute Gasteiger partial charge is 0.253 e. The van der Waals surface area contributed by atoms with Crippen LogP contribution in [0, 0.1) is 18.6 Å². The number of benzene rings is 2. The van der Waals surface area contributed by atoms with Gasteiger partial charge in [0.1, 0.15) is 11.6 Å². The van der Waals surface area contributed by atoms with Crippen molar-refractivity contribution in [3.05, 3.63) is 77.0 Å². The quantitative estimate of drug-likeness (QED) is 0.635. The van der Waals surface area contributed by atoms with Crippen LogP contribution in [0.4, 0.5) is 8.78 Å². The highest BCUT2D eigenvalue weighted by molar-refractivity contribution is 6.00. The molecule has 150 valence electrons. The summed E-state index contributed by atoms with van der Waals surface area (Å²) in [6, 6.07) is 11.2. The zero-order valence-electron chi connectivity index (χ0n) is 16.5. The summed E-state index contributed by atoms with van der Waals surface area (Å²) in [5, 5.41) is 4.12. The van der Waals surface area contributed by atoms with Crippen molar-refractivity contribution in [2.75, 3.05) is 0 Å². The maximum absolute atomic E-state index is 14.3. The fourth-order valence-corrected chi connectivity index (χ4v) is 4.43. The Balaban J connectivity index is 1.65. The maximum Gasteiger partial charge on any atom is 0.253 e. The molecule has 4 rings (SSSR count). The number of nitrogens with one attached hydrogen (secondary N) is 1. The van der Waals surface area contributed by atoms with Gasteiger partial charge in [-0.25, -0.2) is 8.78 Å². The van der Waals surface area contributed by atoms with Gasteiger partial charge in [-0.05, 0) is 61.6 Å². The van der Waals surface area contributed by atoms with Crippen LogP contribution in [0.5, 0.6) is 0 Å². The molecule has 5 heteroatoms. The first-order chi connectivity index (χ1) is 14.0. The molecule has 1 aliphatic carbocycles. The average Bonchev–Trinajstić information content (AvgIpc) is 2.72. The molecule has 1 amide bonds. The van der Waals surface area contributed by atoms with Gasteiger partial charge in [-0.2, -0.15) is 0 Å². The predicted octanol–water partition coefficient (Wildman–Crippen LogP) is 5.50. The van der Waals surface area contributed by atoms with Crippen molar-refractivity contribution in [3.63, 3.8) is 0 Å². The Morgan fingerprint density at radius 2 is 1.86 bits per heavy atom. The number of aromatic nitrogens is 1. The van der Waals surface area contributed by atoms with Crippen LogP contribution in [0.15, 0.2) is 48.7 Å². The monoisotopic (exact) mass is 394 g/mol. The van der Waals surface area contributed by atoms with E-state index < -0.39 is 17.2 Å². The van der Waals surface area contributed by atoms with E-state index in [1.165, 1.54) is 6.07 Å². The van der Waals surface area contributed by atoms with Crippen molar-refractivity contribution >= 4 is 16.8 Å². The lowest BCUT2D eigenvalue weighted by atomic mass is 9.77. The predicted molar refractivity (Wildman–Crippen MR) is 110 cm³/mol. The normalized spacial score (nSPS) is 16.0. The molecule has 1 fully saturated rings. The summed E-state index contributed by atoms with van der Waals surface area (Å²) in [6.45, 7) is 1.92. The molecule has 1 saturated carbocycles. The molecule has 0 aliphatic heterocycles. The third-order valence-electron chi connectivity index (χ3n) is 6.02. The standard InChI is InChI=1S/C24H24F2N2O/c1-16-19-7-3-4-8-22(19)27-15-20(16)23(29)28-24(11-5-2-6-12-24)14-17-13-18(25)9-10-21(17)26/h3-4,7-10,13,15H,2,5-6,11-12,14H2,1H3,(H,28,29). The zero-order chi connectivity index (χ0) is 20.4. The Labute approximate surface area is 169 Å². The number of fused-ring (bicyclic) bond motifs is 1.